The monoisotopic (exact) mass is 482 g/mol. The molecule has 35 heavy (non-hydrogen) atoms. The van der Waals surface area contributed by atoms with Crippen LogP contribution in [0, 0.1) is 0 Å². The van der Waals surface area contributed by atoms with Gasteiger partial charge in [-0.2, -0.15) is 0 Å². The van der Waals surface area contributed by atoms with E-state index in [1.54, 1.807) is 19.2 Å². The van der Waals surface area contributed by atoms with Crippen molar-refractivity contribution in [1.29, 1.82) is 0 Å². The van der Waals surface area contributed by atoms with Gasteiger partial charge in [-0.3, -0.25) is 4.90 Å². The Morgan fingerprint density at radius 3 is 2.37 bits per heavy atom. The van der Waals surface area contributed by atoms with Crippen LogP contribution in [0.25, 0.3) is 11.1 Å². The number of anilines is 1. The fourth-order valence-corrected chi connectivity index (χ4v) is 3.50. The Morgan fingerprint density at radius 1 is 1.14 bits per heavy atom. The van der Waals surface area contributed by atoms with E-state index in [0.717, 1.165) is 43.3 Å². The summed E-state index contributed by atoms with van der Waals surface area (Å²) in [5.41, 5.74) is 11.6. The van der Waals surface area contributed by atoms with Crippen molar-refractivity contribution in [3.63, 3.8) is 0 Å². The number of pyridine rings is 1. The highest BCUT2D eigenvalue weighted by atomic mass is 19.1. The molecule has 2 rings (SSSR count). The Balaban J connectivity index is 2.48. The maximum Gasteiger partial charge on any atom is 0.151 e. The van der Waals surface area contributed by atoms with Crippen LogP contribution in [0.4, 0.5) is 14.6 Å². The number of amidine groups is 1. The van der Waals surface area contributed by atoms with E-state index in [1.807, 2.05) is 12.1 Å². The van der Waals surface area contributed by atoms with E-state index in [0.29, 0.717) is 5.56 Å². The average Bonchev–Trinajstić information content (AvgIpc) is 2.85. The fraction of sp³-hybridized carbons (Fsp3) is 0.333. The van der Waals surface area contributed by atoms with Gasteiger partial charge in [0.2, 0.25) is 0 Å². The summed E-state index contributed by atoms with van der Waals surface area (Å²) in [6.45, 7) is 12.0. The third kappa shape index (κ3) is 7.56. The van der Waals surface area contributed by atoms with E-state index in [1.165, 1.54) is 25.5 Å². The Kier molecular flexibility index (Phi) is 10.8. The topological polar surface area (TPSA) is 92.6 Å². The Bertz CT molecular complexity index is 1110. The Labute approximate surface area is 207 Å². The summed E-state index contributed by atoms with van der Waals surface area (Å²) in [4.78, 5) is 10.8. The number of nitrogens with zero attached hydrogens (tertiary/aromatic N) is 3. The zero-order valence-electron chi connectivity index (χ0n) is 21.2. The van der Waals surface area contributed by atoms with E-state index < -0.39 is 17.4 Å². The predicted octanol–water partition coefficient (Wildman–Crippen LogP) is 5.79. The first-order chi connectivity index (χ1) is 16.7. The van der Waals surface area contributed by atoms with Crippen LogP contribution in [0.5, 0.6) is 0 Å². The van der Waals surface area contributed by atoms with Crippen LogP contribution >= 0.6 is 0 Å². The number of aromatic nitrogens is 1. The molecule has 2 aromatic rings. The van der Waals surface area contributed by atoms with Gasteiger partial charge >= 0.3 is 0 Å². The summed E-state index contributed by atoms with van der Waals surface area (Å²) in [6, 6.07) is 9.93. The minimum absolute atomic E-state index is 0.00215. The van der Waals surface area contributed by atoms with Crippen molar-refractivity contribution in [2.45, 2.75) is 47.6 Å². The minimum atomic E-state index is -0.832. The normalized spacial score (nSPS) is 12.8. The summed E-state index contributed by atoms with van der Waals surface area (Å²) in [7, 11) is 0. The third-order valence-corrected chi connectivity index (χ3v) is 5.40. The van der Waals surface area contributed by atoms with E-state index in [-0.39, 0.29) is 17.2 Å². The first-order valence-electron chi connectivity index (χ1n) is 11.7. The van der Waals surface area contributed by atoms with Crippen molar-refractivity contribution in [1.82, 2.24) is 15.3 Å². The molecule has 1 heterocycles. The molecule has 0 bridgehead atoms. The molecule has 0 aliphatic carbocycles. The number of allylic oxidation sites excluding steroid dienone is 5. The van der Waals surface area contributed by atoms with Crippen LogP contribution < -0.4 is 17.0 Å². The van der Waals surface area contributed by atoms with Gasteiger partial charge in [0.25, 0.3) is 0 Å². The summed E-state index contributed by atoms with van der Waals surface area (Å²) < 4.78 is 29.4. The maximum atomic E-state index is 14.7. The molecule has 0 aliphatic heterocycles. The quantitative estimate of drug-likeness (QED) is 0.131. The zero-order valence-corrected chi connectivity index (χ0v) is 21.2. The first kappa shape index (κ1) is 27.9. The number of benzene rings is 1. The van der Waals surface area contributed by atoms with Crippen molar-refractivity contribution >= 4 is 11.7 Å². The second-order valence-corrected chi connectivity index (χ2v) is 8.34. The van der Waals surface area contributed by atoms with Gasteiger partial charge in [-0.25, -0.2) is 24.6 Å². The molecule has 0 saturated carbocycles. The Morgan fingerprint density at radius 2 is 1.83 bits per heavy atom. The number of hydrogen-bond donors (Lipinski definition) is 3. The predicted molar refractivity (Wildman–Crippen MR) is 142 cm³/mol. The number of halogens is 2. The van der Waals surface area contributed by atoms with Gasteiger partial charge in [0, 0.05) is 18.3 Å². The summed E-state index contributed by atoms with van der Waals surface area (Å²) >= 11 is 0. The van der Waals surface area contributed by atoms with Gasteiger partial charge in [-0.15, -0.1) is 0 Å². The second kappa shape index (κ2) is 13.5. The lowest BCUT2D eigenvalue weighted by atomic mass is 10.0. The molecule has 1 aromatic heterocycles. The molecule has 188 valence electrons. The molecule has 0 amide bonds. The molecule has 0 atom stereocenters. The average molecular weight is 483 g/mol. The van der Waals surface area contributed by atoms with Gasteiger partial charge in [0.1, 0.15) is 11.5 Å². The molecule has 0 unspecified atom stereocenters. The number of rotatable bonds is 10. The maximum absolute atomic E-state index is 14.7. The number of nitrogens with two attached hydrogens (primary N) is 2. The van der Waals surface area contributed by atoms with Gasteiger partial charge in [-0.05, 0) is 69.1 Å². The van der Waals surface area contributed by atoms with Crippen molar-refractivity contribution in [2.24, 2.45) is 10.8 Å². The van der Waals surface area contributed by atoms with Gasteiger partial charge < -0.3 is 11.2 Å². The van der Waals surface area contributed by atoms with E-state index in [9.17, 15) is 8.78 Å². The van der Waals surface area contributed by atoms with Crippen LogP contribution in [0.15, 0.2) is 76.6 Å². The van der Waals surface area contributed by atoms with Gasteiger partial charge in [0.15, 0.2) is 17.5 Å². The lowest BCUT2D eigenvalue weighted by molar-refractivity contribution is 0.280. The highest BCUT2D eigenvalue weighted by Crippen LogP contribution is 2.26. The lowest BCUT2D eigenvalue weighted by Gasteiger charge is -2.19. The molecule has 5 N–H and O–H groups in total. The summed E-state index contributed by atoms with van der Waals surface area (Å²) in [5, 5.41) is 0. The van der Waals surface area contributed by atoms with Crippen LogP contribution in [-0.2, 0) is 6.54 Å². The number of hydrogen-bond acceptors (Lipinski definition) is 5. The van der Waals surface area contributed by atoms with Crippen LogP contribution in [0.1, 0.15) is 52.2 Å². The van der Waals surface area contributed by atoms with Crippen molar-refractivity contribution in [2.75, 3.05) is 18.8 Å². The zero-order chi connectivity index (χ0) is 26.0. The number of aliphatic imine (C=N–C) groups is 1. The van der Waals surface area contributed by atoms with E-state index >= 15 is 0 Å². The number of hydrazine groups is 1. The largest absolute Gasteiger partial charge is 0.383 e. The summed E-state index contributed by atoms with van der Waals surface area (Å²) in [6.07, 6.45) is 5.35. The molecule has 0 fully saturated rings. The van der Waals surface area contributed by atoms with E-state index in [2.05, 4.69) is 46.3 Å². The SMILES string of the molecule is C/C=C\C(F)=C(\N=C(NN)c1cc(-c2ccc(CN(CC)CCC)cc2)cnc1N)C(F)=C(C)C. The Hall–Kier alpha value is -3.36. The molecule has 0 radical (unpaired) electrons. The fourth-order valence-electron chi connectivity index (χ4n) is 3.50. The van der Waals surface area contributed by atoms with Gasteiger partial charge in [-0.1, -0.05) is 44.2 Å². The van der Waals surface area contributed by atoms with Gasteiger partial charge in [0.05, 0.1) is 5.56 Å². The number of nitrogens with one attached hydrogen (secondary N) is 1. The van der Waals surface area contributed by atoms with Crippen molar-refractivity contribution in [3.05, 3.63) is 82.7 Å². The molecule has 0 spiro atoms. The highest BCUT2D eigenvalue weighted by molar-refractivity contribution is 6.03. The molecule has 8 heteroatoms. The second-order valence-electron chi connectivity index (χ2n) is 8.34. The van der Waals surface area contributed by atoms with Crippen LogP contribution in [-0.4, -0.2) is 28.8 Å². The third-order valence-electron chi connectivity index (χ3n) is 5.40. The van der Waals surface area contributed by atoms with E-state index in [4.69, 9.17) is 11.6 Å². The molecule has 0 saturated heterocycles. The van der Waals surface area contributed by atoms with Crippen LogP contribution in [0.3, 0.4) is 0 Å². The van der Waals surface area contributed by atoms with Crippen LogP contribution in [0.2, 0.25) is 0 Å². The summed E-state index contributed by atoms with van der Waals surface area (Å²) in [5.74, 6) is 4.21. The molecule has 6 nitrogen and oxygen atoms in total. The molecular weight excluding hydrogens is 446 g/mol. The molecule has 1 aromatic carbocycles. The number of nitrogen functional groups attached to an aromatic ring is 1. The molecular formula is C27H36F2N6. The first-order valence-corrected chi connectivity index (χ1v) is 11.7. The standard InChI is InChI=1S/C27H36F2N6/c1-6-9-23(28)25(24(29)18(4)5)33-27(34-31)22-15-21(16-32-26(22)30)20-12-10-19(11-13-20)17-35(8-3)14-7-2/h6,9-13,15-16H,7-8,14,17,31H2,1-5H3,(H2,30,32)(H,33,34)/b9-6-,25-23-. The minimum Gasteiger partial charge on any atom is -0.383 e. The lowest BCUT2D eigenvalue weighted by Crippen LogP contribution is -2.32. The highest BCUT2D eigenvalue weighted by Gasteiger charge is 2.16. The molecule has 0 aliphatic rings. The van der Waals surface area contributed by atoms with Crippen molar-refractivity contribution < 1.29 is 8.78 Å². The van der Waals surface area contributed by atoms with Crippen molar-refractivity contribution in [3.8, 4) is 11.1 Å². The smallest absolute Gasteiger partial charge is 0.151 e.